The Bertz CT molecular complexity index is 618. The highest BCUT2D eigenvalue weighted by atomic mass is 32.1. The van der Waals surface area contributed by atoms with Gasteiger partial charge >= 0.3 is 6.18 Å². The Hall–Kier alpha value is -1.38. The molecule has 16 heavy (non-hydrogen) atoms. The fourth-order valence-corrected chi connectivity index (χ4v) is 2.03. The molecule has 2 aromatic heterocycles. The molecular formula is C7H5BF3N3OS. The van der Waals surface area contributed by atoms with E-state index in [2.05, 4.69) is 10.1 Å². The number of hydrogen-bond acceptors (Lipinski definition) is 4. The minimum absolute atomic E-state index is 0.0413. The second-order valence-corrected chi connectivity index (χ2v) is 4.36. The van der Waals surface area contributed by atoms with Gasteiger partial charge in [0.25, 0.3) is 5.56 Å². The number of aryl methyl sites for hydroxylation is 1. The molecule has 84 valence electrons. The Kier molecular flexibility index (Phi) is 2.30. The zero-order valence-electron chi connectivity index (χ0n) is 8.29. The lowest BCUT2D eigenvalue weighted by Gasteiger charge is -2.07. The van der Waals surface area contributed by atoms with Crippen molar-refractivity contribution >= 4 is 29.6 Å². The summed E-state index contributed by atoms with van der Waals surface area (Å²) in [6, 6.07) is 0. The van der Waals surface area contributed by atoms with Crippen LogP contribution in [0.1, 0.15) is 10.7 Å². The van der Waals surface area contributed by atoms with E-state index >= 15 is 0 Å². The van der Waals surface area contributed by atoms with Gasteiger partial charge in [0.1, 0.15) is 18.5 Å². The summed E-state index contributed by atoms with van der Waals surface area (Å²) in [5, 5.41) is 4.28. The lowest BCUT2D eigenvalue weighted by atomic mass is 9.95. The highest BCUT2D eigenvalue weighted by Crippen LogP contribution is 2.26. The van der Waals surface area contributed by atoms with Gasteiger partial charge in [-0.2, -0.15) is 22.8 Å². The van der Waals surface area contributed by atoms with Gasteiger partial charge in [0.2, 0.25) is 4.96 Å². The van der Waals surface area contributed by atoms with E-state index in [1.807, 2.05) is 0 Å². The molecule has 9 heteroatoms. The number of aromatic nitrogens is 3. The highest BCUT2D eigenvalue weighted by Gasteiger charge is 2.36. The van der Waals surface area contributed by atoms with Crippen LogP contribution in [0.3, 0.4) is 0 Å². The fraction of sp³-hybridized carbons (Fsp3) is 0.286. The van der Waals surface area contributed by atoms with Crippen molar-refractivity contribution in [1.29, 1.82) is 0 Å². The van der Waals surface area contributed by atoms with E-state index < -0.39 is 22.9 Å². The van der Waals surface area contributed by atoms with E-state index in [0.29, 0.717) is 5.01 Å². The van der Waals surface area contributed by atoms with Gasteiger partial charge < -0.3 is 0 Å². The predicted molar refractivity (Wildman–Crippen MR) is 55.1 cm³/mol. The van der Waals surface area contributed by atoms with Crippen LogP contribution in [0.4, 0.5) is 13.2 Å². The first-order chi connectivity index (χ1) is 7.30. The summed E-state index contributed by atoms with van der Waals surface area (Å²) in [6.07, 6.45) is -4.62. The summed E-state index contributed by atoms with van der Waals surface area (Å²) >= 11 is 0.946. The van der Waals surface area contributed by atoms with E-state index in [1.54, 1.807) is 6.92 Å². The first-order valence-corrected chi connectivity index (χ1v) is 5.06. The Morgan fingerprint density at radius 3 is 2.62 bits per heavy atom. The molecule has 0 aromatic carbocycles. The van der Waals surface area contributed by atoms with Crippen LogP contribution in [0.25, 0.3) is 4.96 Å². The Balaban J connectivity index is 2.89. The van der Waals surface area contributed by atoms with Crippen LogP contribution in [-0.4, -0.2) is 22.4 Å². The minimum atomic E-state index is -4.62. The lowest BCUT2D eigenvalue weighted by molar-refractivity contribution is -0.140. The molecule has 2 heterocycles. The van der Waals surface area contributed by atoms with Gasteiger partial charge in [-0.05, 0) is 6.92 Å². The third kappa shape index (κ3) is 1.60. The number of halogens is 3. The predicted octanol–water partition coefficient (Wildman–Crippen LogP) is -0.263. The summed E-state index contributed by atoms with van der Waals surface area (Å²) in [6.45, 7) is 1.60. The fourth-order valence-electron chi connectivity index (χ4n) is 1.30. The molecule has 0 amide bonds. The minimum Gasteiger partial charge on any atom is -0.268 e. The lowest BCUT2D eigenvalue weighted by Crippen LogP contribution is -2.38. The van der Waals surface area contributed by atoms with Gasteiger partial charge in [0, 0.05) is 5.46 Å². The molecule has 0 aliphatic carbocycles. The topological polar surface area (TPSA) is 47.3 Å². The number of alkyl halides is 3. The van der Waals surface area contributed by atoms with E-state index in [-0.39, 0.29) is 4.96 Å². The van der Waals surface area contributed by atoms with Gasteiger partial charge in [0.05, 0.1) is 0 Å². The molecule has 0 aliphatic rings. The van der Waals surface area contributed by atoms with Crippen molar-refractivity contribution in [2.45, 2.75) is 13.1 Å². The first kappa shape index (κ1) is 11.1. The van der Waals surface area contributed by atoms with Gasteiger partial charge in [-0.3, -0.25) is 4.79 Å². The zero-order chi connectivity index (χ0) is 12.1. The molecule has 0 spiro atoms. The maximum atomic E-state index is 12.5. The molecule has 0 atom stereocenters. The molecule has 0 bridgehead atoms. The molecule has 0 aliphatic heterocycles. The first-order valence-electron chi connectivity index (χ1n) is 4.25. The van der Waals surface area contributed by atoms with Gasteiger partial charge in [-0.15, -0.1) is 0 Å². The summed E-state index contributed by atoms with van der Waals surface area (Å²) in [4.78, 5) is 15.0. The number of nitrogens with zero attached hydrogens (tertiary/aromatic N) is 3. The van der Waals surface area contributed by atoms with Crippen molar-refractivity contribution in [3.63, 3.8) is 0 Å². The molecule has 0 saturated heterocycles. The molecule has 0 radical (unpaired) electrons. The molecule has 0 unspecified atom stereocenters. The normalized spacial score (nSPS) is 12.2. The average molecular weight is 247 g/mol. The highest BCUT2D eigenvalue weighted by molar-refractivity contribution is 7.16. The Morgan fingerprint density at radius 1 is 1.44 bits per heavy atom. The second kappa shape index (κ2) is 3.31. The molecule has 0 N–H and O–H groups in total. The molecule has 0 fully saturated rings. The Morgan fingerprint density at radius 2 is 2.06 bits per heavy atom. The SMILES string of the molecule is Bc1c(C(F)(F)F)nc2sc(C)nn2c1=O. The quantitative estimate of drug-likeness (QED) is 0.602. The van der Waals surface area contributed by atoms with Gasteiger partial charge in [0.15, 0.2) is 0 Å². The van der Waals surface area contributed by atoms with Crippen LogP contribution in [-0.2, 0) is 6.18 Å². The van der Waals surface area contributed by atoms with E-state index in [4.69, 9.17) is 0 Å². The van der Waals surface area contributed by atoms with E-state index in [1.165, 1.54) is 0 Å². The molecular weight excluding hydrogens is 242 g/mol. The van der Waals surface area contributed by atoms with E-state index in [0.717, 1.165) is 23.7 Å². The molecule has 2 aromatic rings. The number of fused-ring (bicyclic) bond motifs is 1. The van der Waals surface area contributed by atoms with Crippen molar-refractivity contribution < 1.29 is 13.2 Å². The summed E-state index contributed by atoms with van der Waals surface area (Å²) in [5.74, 6) is 0. The molecule has 0 saturated carbocycles. The smallest absolute Gasteiger partial charge is 0.268 e. The van der Waals surface area contributed by atoms with Crippen LogP contribution < -0.4 is 11.0 Å². The maximum Gasteiger partial charge on any atom is 0.433 e. The van der Waals surface area contributed by atoms with Crippen molar-refractivity contribution in [2.24, 2.45) is 0 Å². The third-order valence-electron chi connectivity index (χ3n) is 2.01. The van der Waals surface area contributed by atoms with Crippen LogP contribution in [0.5, 0.6) is 0 Å². The largest absolute Gasteiger partial charge is 0.433 e. The summed E-state index contributed by atoms with van der Waals surface area (Å²) in [7, 11) is 1.10. The Labute approximate surface area is 92.1 Å². The zero-order valence-corrected chi connectivity index (χ0v) is 9.11. The second-order valence-electron chi connectivity index (χ2n) is 3.20. The monoisotopic (exact) mass is 247 g/mol. The standard InChI is InChI=1S/C7H5BF3N3OS/c1-2-13-14-5(15)3(8)4(7(9,10)11)12-6(14)16-2/h8H2,1H3. The number of hydrogen-bond donors (Lipinski definition) is 0. The van der Waals surface area contributed by atoms with Crippen LogP contribution in [0.2, 0.25) is 0 Å². The molecule has 4 nitrogen and oxygen atoms in total. The van der Waals surface area contributed by atoms with Gasteiger partial charge in [-0.25, -0.2) is 4.98 Å². The van der Waals surface area contributed by atoms with Crippen molar-refractivity contribution in [2.75, 3.05) is 0 Å². The van der Waals surface area contributed by atoms with Gasteiger partial charge in [-0.1, -0.05) is 11.3 Å². The van der Waals surface area contributed by atoms with E-state index in [9.17, 15) is 18.0 Å². The van der Waals surface area contributed by atoms with Crippen LogP contribution in [0.15, 0.2) is 4.79 Å². The van der Waals surface area contributed by atoms with Crippen LogP contribution in [0, 0.1) is 6.92 Å². The molecule has 2 rings (SSSR count). The summed E-state index contributed by atoms with van der Waals surface area (Å²) < 4.78 is 38.5. The summed E-state index contributed by atoms with van der Waals surface area (Å²) in [5.41, 5.74) is -2.35. The van der Waals surface area contributed by atoms with Crippen molar-refractivity contribution in [3.8, 4) is 0 Å². The van der Waals surface area contributed by atoms with Crippen molar-refractivity contribution in [1.82, 2.24) is 14.6 Å². The van der Waals surface area contributed by atoms with Crippen LogP contribution >= 0.6 is 11.3 Å². The maximum absolute atomic E-state index is 12.5. The third-order valence-corrected chi connectivity index (χ3v) is 2.83. The number of rotatable bonds is 0. The van der Waals surface area contributed by atoms with Crippen molar-refractivity contribution in [3.05, 3.63) is 21.1 Å². The average Bonchev–Trinajstić information content (AvgIpc) is 2.51.